The molecule has 2 N–H and O–H groups in total. The van der Waals surface area contributed by atoms with Crippen LogP contribution in [-0.4, -0.2) is 23.5 Å². The minimum atomic E-state index is 0.234. The van der Waals surface area contributed by atoms with Crippen molar-refractivity contribution in [2.75, 3.05) is 13.1 Å². The second kappa shape index (κ2) is 7.95. The summed E-state index contributed by atoms with van der Waals surface area (Å²) in [6.07, 6.45) is 9.19. The SMILES string of the molecule is CCCN(Cc1ccc(C)cc1)C1(CN)CCCCCC1. The highest BCUT2D eigenvalue weighted by Gasteiger charge is 2.35. The first-order valence-corrected chi connectivity index (χ1v) is 8.71. The summed E-state index contributed by atoms with van der Waals surface area (Å²) in [5.41, 5.74) is 9.27. The molecule has 118 valence electrons. The number of rotatable bonds is 6. The van der Waals surface area contributed by atoms with Crippen LogP contribution < -0.4 is 5.73 Å². The van der Waals surface area contributed by atoms with Gasteiger partial charge >= 0.3 is 0 Å². The number of hydrogen-bond acceptors (Lipinski definition) is 2. The van der Waals surface area contributed by atoms with E-state index >= 15 is 0 Å². The quantitative estimate of drug-likeness (QED) is 0.793. The molecular weight excluding hydrogens is 256 g/mol. The van der Waals surface area contributed by atoms with Crippen LogP contribution in [0.4, 0.5) is 0 Å². The van der Waals surface area contributed by atoms with Crippen molar-refractivity contribution in [1.82, 2.24) is 4.90 Å². The summed E-state index contributed by atoms with van der Waals surface area (Å²) >= 11 is 0. The zero-order valence-electron chi connectivity index (χ0n) is 13.9. The van der Waals surface area contributed by atoms with Crippen LogP contribution in [0.1, 0.15) is 63.0 Å². The monoisotopic (exact) mass is 288 g/mol. The topological polar surface area (TPSA) is 29.3 Å². The average Bonchev–Trinajstić information content (AvgIpc) is 2.75. The maximum Gasteiger partial charge on any atom is 0.0335 e. The molecule has 0 amide bonds. The summed E-state index contributed by atoms with van der Waals surface area (Å²) in [6, 6.07) is 9.00. The molecule has 21 heavy (non-hydrogen) atoms. The number of benzene rings is 1. The van der Waals surface area contributed by atoms with Crippen molar-refractivity contribution in [3.8, 4) is 0 Å². The number of hydrogen-bond donors (Lipinski definition) is 1. The number of aryl methyl sites for hydroxylation is 1. The van der Waals surface area contributed by atoms with Crippen LogP contribution in [0.15, 0.2) is 24.3 Å². The molecular formula is C19H32N2. The molecule has 0 unspecified atom stereocenters. The maximum atomic E-state index is 6.27. The van der Waals surface area contributed by atoms with Crippen LogP contribution in [0.5, 0.6) is 0 Å². The first-order chi connectivity index (χ1) is 10.2. The Labute approximate surface area is 130 Å². The summed E-state index contributed by atoms with van der Waals surface area (Å²) < 4.78 is 0. The van der Waals surface area contributed by atoms with Gasteiger partial charge in [-0.2, -0.15) is 0 Å². The van der Waals surface area contributed by atoms with Crippen molar-refractivity contribution in [3.05, 3.63) is 35.4 Å². The molecule has 0 aliphatic heterocycles. The zero-order valence-corrected chi connectivity index (χ0v) is 13.9. The Morgan fingerprint density at radius 1 is 1.05 bits per heavy atom. The molecule has 1 aromatic carbocycles. The van der Waals surface area contributed by atoms with Crippen molar-refractivity contribution >= 4 is 0 Å². The zero-order chi connectivity index (χ0) is 15.1. The molecule has 0 saturated heterocycles. The lowest BCUT2D eigenvalue weighted by atomic mass is 9.87. The Morgan fingerprint density at radius 3 is 2.19 bits per heavy atom. The molecule has 0 radical (unpaired) electrons. The summed E-state index contributed by atoms with van der Waals surface area (Å²) in [4.78, 5) is 2.68. The van der Waals surface area contributed by atoms with Gasteiger partial charge in [0.15, 0.2) is 0 Å². The van der Waals surface area contributed by atoms with Gasteiger partial charge in [0.2, 0.25) is 0 Å². The smallest absolute Gasteiger partial charge is 0.0335 e. The summed E-state index contributed by atoms with van der Waals surface area (Å²) in [6.45, 7) is 7.44. The number of nitrogens with zero attached hydrogens (tertiary/aromatic N) is 1. The van der Waals surface area contributed by atoms with Gasteiger partial charge < -0.3 is 5.73 Å². The van der Waals surface area contributed by atoms with E-state index in [-0.39, 0.29) is 5.54 Å². The van der Waals surface area contributed by atoms with Crippen LogP contribution >= 0.6 is 0 Å². The van der Waals surface area contributed by atoms with E-state index in [2.05, 4.69) is 43.0 Å². The average molecular weight is 288 g/mol. The Balaban J connectivity index is 2.16. The molecule has 1 aliphatic rings. The van der Waals surface area contributed by atoms with Crippen LogP contribution in [0.25, 0.3) is 0 Å². The summed E-state index contributed by atoms with van der Waals surface area (Å²) in [7, 11) is 0. The van der Waals surface area contributed by atoms with E-state index in [1.54, 1.807) is 0 Å². The first-order valence-electron chi connectivity index (χ1n) is 8.71. The van der Waals surface area contributed by atoms with Crippen molar-refractivity contribution in [3.63, 3.8) is 0 Å². The second-order valence-electron chi connectivity index (χ2n) is 6.75. The fourth-order valence-electron chi connectivity index (χ4n) is 3.70. The third-order valence-electron chi connectivity index (χ3n) is 5.07. The van der Waals surface area contributed by atoms with Gasteiger partial charge in [-0.1, -0.05) is 62.4 Å². The molecule has 1 aliphatic carbocycles. The van der Waals surface area contributed by atoms with Crippen LogP contribution in [0, 0.1) is 6.92 Å². The van der Waals surface area contributed by atoms with Gasteiger partial charge in [-0.3, -0.25) is 4.90 Å². The lowest BCUT2D eigenvalue weighted by Crippen LogP contribution is -2.53. The van der Waals surface area contributed by atoms with Gasteiger partial charge in [-0.25, -0.2) is 0 Å². The molecule has 0 bridgehead atoms. The first kappa shape index (κ1) is 16.5. The maximum absolute atomic E-state index is 6.27. The predicted molar refractivity (Wildman–Crippen MR) is 91.4 cm³/mol. The third-order valence-corrected chi connectivity index (χ3v) is 5.07. The van der Waals surface area contributed by atoms with E-state index in [1.807, 2.05) is 0 Å². The molecule has 1 aromatic rings. The lowest BCUT2D eigenvalue weighted by molar-refractivity contribution is 0.0697. The molecule has 0 spiro atoms. The molecule has 1 saturated carbocycles. The minimum Gasteiger partial charge on any atom is -0.329 e. The summed E-state index contributed by atoms with van der Waals surface area (Å²) in [5, 5.41) is 0. The predicted octanol–water partition coefficient (Wildman–Crippen LogP) is 4.26. The molecule has 1 fully saturated rings. The third kappa shape index (κ3) is 4.31. The van der Waals surface area contributed by atoms with Crippen LogP contribution in [0.2, 0.25) is 0 Å². The largest absolute Gasteiger partial charge is 0.329 e. The van der Waals surface area contributed by atoms with Crippen LogP contribution in [0.3, 0.4) is 0 Å². The van der Waals surface area contributed by atoms with Crippen LogP contribution in [-0.2, 0) is 6.54 Å². The lowest BCUT2D eigenvalue weighted by Gasteiger charge is -2.43. The highest BCUT2D eigenvalue weighted by atomic mass is 15.2. The van der Waals surface area contributed by atoms with Gasteiger partial charge in [-0.15, -0.1) is 0 Å². The van der Waals surface area contributed by atoms with Gasteiger partial charge in [0.1, 0.15) is 0 Å². The van der Waals surface area contributed by atoms with Gasteiger partial charge in [0, 0.05) is 18.6 Å². The molecule has 0 aromatic heterocycles. The summed E-state index contributed by atoms with van der Waals surface area (Å²) in [5.74, 6) is 0. The van der Waals surface area contributed by atoms with E-state index in [0.29, 0.717) is 0 Å². The van der Waals surface area contributed by atoms with E-state index < -0.39 is 0 Å². The Kier molecular flexibility index (Phi) is 6.25. The van der Waals surface area contributed by atoms with E-state index in [9.17, 15) is 0 Å². The second-order valence-corrected chi connectivity index (χ2v) is 6.75. The fourth-order valence-corrected chi connectivity index (χ4v) is 3.70. The number of nitrogens with two attached hydrogens (primary N) is 1. The van der Waals surface area contributed by atoms with E-state index in [0.717, 1.165) is 19.6 Å². The molecule has 2 heteroatoms. The van der Waals surface area contributed by atoms with Crippen molar-refractivity contribution in [2.45, 2.75) is 70.9 Å². The standard InChI is InChI=1S/C19H32N2/c1-3-14-21(15-18-10-8-17(2)9-11-18)19(16-20)12-6-4-5-7-13-19/h8-11H,3-7,12-16,20H2,1-2H3. The highest BCUT2D eigenvalue weighted by Crippen LogP contribution is 2.33. The Morgan fingerprint density at radius 2 is 1.67 bits per heavy atom. The molecule has 0 atom stereocenters. The van der Waals surface area contributed by atoms with E-state index in [4.69, 9.17) is 5.73 Å². The van der Waals surface area contributed by atoms with Gasteiger partial charge in [0.25, 0.3) is 0 Å². The van der Waals surface area contributed by atoms with Crippen molar-refractivity contribution in [1.29, 1.82) is 0 Å². The van der Waals surface area contributed by atoms with Gasteiger partial charge in [0.05, 0.1) is 0 Å². The Bertz CT molecular complexity index is 402. The van der Waals surface area contributed by atoms with Crippen molar-refractivity contribution in [2.24, 2.45) is 5.73 Å². The van der Waals surface area contributed by atoms with E-state index in [1.165, 1.54) is 56.1 Å². The molecule has 0 heterocycles. The highest BCUT2D eigenvalue weighted by molar-refractivity contribution is 5.21. The fraction of sp³-hybridized carbons (Fsp3) is 0.684. The van der Waals surface area contributed by atoms with Crippen molar-refractivity contribution < 1.29 is 0 Å². The minimum absolute atomic E-state index is 0.234. The normalized spacial score (nSPS) is 18.7. The van der Waals surface area contributed by atoms with Gasteiger partial charge in [-0.05, 0) is 38.3 Å². The Hall–Kier alpha value is -0.860. The molecule has 2 nitrogen and oxygen atoms in total. The molecule has 2 rings (SSSR count).